The molecule has 1 amide bonds. The summed E-state index contributed by atoms with van der Waals surface area (Å²) in [5.41, 5.74) is 0. The van der Waals surface area contributed by atoms with Crippen molar-refractivity contribution in [2.24, 2.45) is 11.8 Å². The van der Waals surface area contributed by atoms with E-state index in [1.165, 1.54) is 0 Å². The summed E-state index contributed by atoms with van der Waals surface area (Å²) in [6.45, 7) is 4.66. The average molecular weight is 213 g/mol. The molecule has 0 heterocycles. The zero-order valence-electron chi connectivity index (χ0n) is 9.40. The third-order valence-electron chi connectivity index (χ3n) is 2.65. The molecule has 1 saturated carbocycles. The number of hydrogen-bond acceptors (Lipinski definition) is 2. The molecule has 0 spiro atoms. The molecule has 0 radical (unpaired) electrons. The first kappa shape index (κ1) is 12.0. The Bertz CT molecular complexity index is 248. The molecule has 1 aliphatic carbocycles. The van der Waals surface area contributed by atoms with Gasteiger partial charge >= 0.3 is 5.97 Å². The van der Waals surface area contributed by atoms with Gasteiger partial charge < -0.3 is 10.0 Å². The van der Waals surface area contributed by atoms with Crippen LogP contribution in [0.15, 0.2) is 0 Å². The molecule has 1 N–H and O–H groups in total. The molecule has 1 fully saturated rings. The van der Waals surface area contributed by atoms with Gasteiger partial charge in [-0.05, 0) is 19.3 Å². The highest BCUT2D eigenvalue weighted by molar-refractivity contribution is 5.81. The Kier molecular flexibility index (Phi) is 4.12. The Hall–Kier alpha value is -1.06. The van der Waals surface area contributed by atoms with Crippen LogP contribution in [-0.4, -0.2) is 35.0 Å². The Morgan fingerprint density at radius 1 is 1.47 bits per heavy atom. The first-order valence-electron chi connectivity index (χ1n) is 5.57. The van der Waals surface area contributed by atoms with E-state index in [1.54, 1.807) is 11.8 Å². The van der Waals surface area contributed by atoms with Gasteiger partial charge in [0.1, 0.15) is 0 Å². The highest BCUT2D eigenvalue weighted by Gasteiger charge is 2.34. The van der Waals surface area contributed by atoms with Crippen LogP contribution in [0.4, 0.5) is 0 Å². The number of amides is 1. The van der Waals surface area contributed by atoms with Gasteiger partial charge in [-0.1, -0.05) is 13.8 Å². The molecule has 1 unspecified atom stereocenters. The molecular weight excluding hydrogens is 194 g/mol. The van der Waals surface area contributed by atoms with Crippen LogP contribution in [0, 0.1) is 11.8 Å². The molecule has 15 heavy (non-hydrogen) atoms. The van der Waals surface area contributed by atoms with Gasteiger partial charge in [0, 0.05) is 19.0 Å². The first-order valence-corrected chi connectivity index (χ1v) is 5.57. The minimum atomic E-state index is -0.834. The van der Waals surface area contributed by atoms with Gasteiger partial charge in [-0.25, -0.2) is 0 Å². The molecule has 1 aliphatic rings. The maximum Gasteiger partial charge on any atom is 0.308 e. The fourth-order valence-corrected chi connectivity index (χ4v) is 1.56. The van der Waals surface area contributed by atoms with Gasteiger partial charge in [0.05, 0.1) is 5.92 Å². The van der Waals surface area contributed by atoms with Crippen LogP contribution in [0.3, 0.4) is 0 Å². The first-order chi connectivity index (χ1) is 7.06. The van der Waals surface area contributed by atoms with Crippen LogP contribution in [0.1, 0.15) is 33.1 Å². The van der Waals surface area contributed by atoms with Gasteiger partial charge in [0.25, 0.3) is 0 Å². The summed E-state index contributed by atoms with van der Waals surface area (Å²) in [5.74, 6) is -0.985. The number of carbonyl (C=O) groups excluding carboxylic acids is 1. The van der Waals surface area contributed by atoms with Crippen molar-refractivity contribution in [1.82, 2.24) is 4.90 Å². The summed E-state index contributed by atoms with van der Waals surface area (Å²) in [4.78, 5) is 24.2. The zero-order chi connectivity index (χ0) is 11.4. The lowest BCUT2D eigenvalue weighted by atomic mass is 10.1. The Balaban J connectivity index is 2.48. The number of nitrogens with zero attached hydrogens (tertiary/aromatic N) is 1. The molecule has 1 atom stereocenters. The Labute approximate surface area is 90.3 Å². The second-order valence-corrected chi connectivity index (χ2v) is 4.30. The second kappa shape index (κ2) is 5.14. The lowest BCUT2D eigenvalue weighted by Gasteiger charge is -2.24. The largest absolute Gasteiger partial charge is 0.481 e. The van der Waals surface area contributed by atoms with Crippen LogP contribution < -0.4 is 0 Å². The van der Waals surface area contributed by atoms with Crippen molar-refractivity contribution in [3.8, 4) is 0 Å². The molecule has 0 aromatic carbocycles. The maximum atomic E-state index is 11.8. The zero-order valence-corrected chi connectivity index (χ0v) is 9.40. The summed E-state index contributed by atoms with van der Waals surface area (Å²) in [6.07, 6.45) is 2.83. The summed E-state index contributed by atoms with van der Waals surface area (Å²) in [7, 11) is 0. The lowest BCUT2D eigenvalue weighted by Crippen LogP contribution is -2.38. The molecule has 86 valence electrons. The average Bonchev–Trinajstić information content (AvgIpc) is 2.99. The lowest BCUT2D eigenvalue weighted by molar-refractivity contribution is -0.143. The topological polar surface area (TPSA) is 57.6 Å². The van der Waals surface area contributed by atoms with Crippen LogP contribution in [0.25, 0.3) is 0 Å². The van der Waals surface area contributed by atoms with Gasteiger partial charge in [0.2, 0.25) is 5.91 Å². The maximum absolute atomic E-state index is 11.8. The highest BCUT2D eigenvalue weighted by atomic mass is 16.4. The van der Waals surface area contributed by atoms with Crippen molar-refractivity contribution >= 4 is 11.9 Å². The van der Waals surface area contributed by atoms with Gasteiger partial charge in [0.15, 0.2) is 0 Å². The standard InChI is InChI=1S/C11H19NO3/c1-3-6-12(7-8(2)11(14)15)10(13)9-4-5-9/h8-9H,3-7H2,1-2H3,(H,14,15). The second-order valence-electron chi connectivity index (χ2n) is 4.30. The number of hydrogen-bond donors (Lipinski definition) is 1. The molecule has 0 aliphatic heterocycles. The van der Waals surface area contributed by atoms with Crippen molar-refractivity contribution in [1.29, 1.82) is 0 Å². The van der Waals surface area contributed by atoms with Gasteiger partial charge in [-0.3, -0.25) is 9.59 Å². The van der Waals surface area contributed by atoms with Gasteiger partial charge in [-0.2, -0.15) is 0 Å². The predicted octanol–water partition coefficient (Wildman–Crippen LogP) is 1.36. The fraction of sp³-hybridized carbons (Fsp3) is 0.818. The smallest absolute Gasteiger partial charge is 0.308 e. The van der Waals surface area contributed by atoms with Crippen molar-refractivity contribution in [2.45, 2.75) is 33.1 Å². The summed E-state index contributed by atoms with van der Waals surface area (Å²) < 4.78 is 0. The van der Waals surface area contributed by atoms with E-state index < -0.39 is 11.9 Å². The molecule has 4 nitrogen and oxygen atoms in total. The molecule has 4 heteroatoms. The van der Waals surface area contributed by atoms with Crippen LogP contribution >= 0.6 is 0 Å². The summed E-state index contributed by atoms with van der Waals surface area (Å²) >= 11 is 0. The van der Waals surface area contributed by atoms with E-state index in [1.807, 2.05) is 6.92 Å². The molecule has 0 saturated heterocycles. The third-order valence-corrected chi connectivity index (χ3v) is 2.65. The SMILES string of the molecule is CCCN(CC(C)C(=O)O)C(=O)C1CC1. The summed E-state index contributed by atoms with van der Waals surface area (Å²) in [6, 6.07) is 0. The van der Waals surface area contributed by atoms with Crippen molar-refractivity contribution in [3.05, 3.63) is 0 Å². The van der Waals surface area contributed by atoms with Crippen LogP contribution in [-0.2, 0) is 9.59 Å². The Morgan fingerprint density at radius 3 is 2.47 bits per heavy atom. The van der Waals surface area contributed by atoms with E-state index in [4.69, 9.17) is 5.11 Å². The number of carboxylic acid groups (broad SMARTS) is 1. The predicted molar refractivity (Wildman–Crippen MR) is 56.4 cm³/mol. The van der Waals surface area contributed by atoms with E-state index >= 15 is 0 Å². The molecule has 1 rings (SSSR count). The van der Waals surface area contributed by atoms with Crippen molar-refractivity contribution < 1.29 is 14.7 Å². The third kappa shape index (κ3) is 3.53. The quantitative estimate of drug-likeness (QED) is 0.724. The number of carbonyl (C=O) groups is 2. The van der Waals surface area contributed by atoms with E-state index in [0.29, 0.717) is 13.1 Å². The Morgan fingerprint density at radius 2 is 2.07 bits per heavy atom. The van der Waals surface area contributed by atoms with Crippen LogP contribution in [0.2, 0.25) is 0 Å². The fourth-order valence-electron chi connectivity index (χ4n) is 1.56. The van der Waals surface area contributed by atoms with Crippen molar-refractivity contribution in [2.75, 3.05) is 13.1 Å². The number of rotatable bonds is 6. The molecule has 0 aromatic heterocycles. The number of aliphatic carboxylic acids is 1. The normalized spacial score (nSPS) is 17.2. The molecule has 0 aromatic rings. The monoisotopic (exact) mass is 213 g/mol. The molecular formula is C11H19NO3. The van der Waals surface area contributed by atoms with E-state index in [2.05, 4.69) is 0 Å². The van der Waals surface area contributed by atoms with E-state index in [-0.39, 0.29) is 11.8 Å². The van der Waals surface area contributed by atoms with Crippen LogP contribution in [0.5, 0.6) is 0 Å². The minimum absolute atomic E-state index is 0.143. The van der Waals surface area contributed by atoms with Crippen molar-refractivity contribution in [3.63, 3.8) is 0 Å². The molecule has 0 bridgehead atoms. The summed E-state index contributed by atoms with van der Waals surface area (Å²) in [5, 5.41) is 8.80. The van der Waals surface area contributed by atoms with E-state index in [9.17, 15) is 9.59 Å². The highest BCUT2D eigenvalue weighted by Crippen LogP contribution is 2.31. The van der Waals surface area contributed by atoms with Gasteiger partial charge in [-0.15, -0.1) is 0 Å². The minimum Gasteiger partial charge on any atom is -0.481 e. The van der Waals surface area contributed by atoms with E-state index in [0.717, 1.165) is 19.3 Å². The number of carboxylic acids is 1.